The van der Waals surface area contributed by atoms with Crippen LogP contribution in [0.25, 0.3) is 0 Å². The van der Waals surface area contributed by atoms with Crippen molar-refractivity contribution in [1.29, 1.82) is 0 Å². The quantitative estimate of drug-likeness (QED) is 0.644. The van der Waals surface area contributed by atoms with E-state index >= 15 is 0 Å². The molecule has 0 saturated carbocycles. The van der Waals surface area contributed by atoms with Crippen molar-refractivity contribution < 1.29 is 14.2 Å². The fraction of sp³-hybridized carbons (Fsp3) is 0. The van der Waals surface area contributed by atoms with Crippen molar-refractivity contribution in [3.8, 4) is 0 Å². The minimum absolute atomic E-state index is 0.208. The number of rotatable bonds is 3. The first-order valence-electron chi connectivity index (χ1n) is 4.64. The molecule has 1 aromatic heterocycles. The molecule has 2 aromatic rings. The van der Waals surface area contributed by atoms with Gasteiger partial charge in [0, 0.05) is 5.69 Å². The average molecular weight is 233 g/mol. The zero-order chi connectivity index (χ0) is 12.3. The van der Waals surface area contributed by atoms with Gasteiger partial charge in [-0.25, -0.2) is 0 Å². The van der Waals surface area contributed by atoms with Crippen LogP contribution in [0.2, 0.25) is 0 Å². The van der Waals surface area contributed by atoms with Gasteiger partial charge >= 0.3 is 5.82 Å². The van der Waals surface area contributed by atoms with Crippen LogP contribution in [0.4, 0.5) is 11.5 Å². The molecule has 0 fully saturated rings. The van der Waals surface area contributed by atoms with Gasteiger partial charge in [-0.2, -0.15) is 0 Å². The fourth-order valence-electron chi connectivity index (χ4n) is 1.17. The predicted octanol–water partition coefficient (Wildman–Crippen LogP) is 1.84. The first-order chi connectivity index (χ1) is 8.16. The van der Waals surface area contributed by atoms with Gasteiger partial charge in [0.25, 0.3) is 11.7 Å². The van der Waals surface area contributed by atoms with Crippen molar-refractivity contribution in [3.63, 3.8) is 0 Å². The van der Waals surface area contributed by atoms with Gasteiger partial charge in [-0.3, -0.25) is 9.32 Å². The lowest BCUT2D eigenvalue weighted by Gasteiger charge is -1.99. The number of carbonyl (C=O) groups is 1. The largest absolute Gasteiger partial charge is 0.414 e. The van der Waals surface area contributed by atoms with E-state index in [4.69, 9.17) is 0 Å². The third-order valence-electron chi connectivity index (χ3n) is 1.94. The number of anilines is 1. The Bertz CT molecular complexity index is 550. The van der Waals surface area contributed by atoms with Crippen LogP contribution in [0.15, 0.2) is 40.9 Å². The molecule has 1 aromatic carbocycles. The van der Waals surface area contributed by atoms with Crippen molar-refractivity contribution in [1.82, 2.24) is 5.16 Å². The SMILES string of the molecule is O=C(Nc1ccccc1)c1cc([N+](=O)[O-])no1. The average Bonchev–Trinajstić information content (AvgIpc) is 2.79. The zero-order valence-corrected chi connectivity index (χ0v) is 8.49. The lowest BCUT2D eigenvalue weighted by Crippen LogP contribution is -2.10. The monoisotopic (exact) mass is 233 g/mol. The number of nitrogens with zero attached hydrogens (tertiary/aromatic N) is 2. The van der Waals surface area contributed by atoms with Gasteiger partial charge in [0.15, 0.2) is 5.16 Å². The molecule has 0 atom stereocenters. The summed E-state index contributed by atoms with van der Waals surface area (Å²) < 4.78 is 4.56. The molecule has 0 aliphatic carbocycles. The maximum absolute atomic E-state index is 11.6. The highest BCUT2D eigenvalue weighted by Gasteiger charge is 2.20. The van der Waals surface area contributed by atoms with Crippen molar-refractivity contribution in [2.75, 3.05) is 5.32 Å². The van der Waals surface area contributed by atoms with Crippen LogP contribution in [-0.2, 0) is 0 Å². The van der Waals surface area contributed by atoms with Crippen molar-refractivity contribution >= 4 is 17.4 Å². The summed E-state index contributed by atoms with van der Waals surface area (Å²) >= 11 is 0. The highest BCUT2D eigenvalue weighted by atomic mass is 16.6. The molecule has 0 bridgehead atoms. The number of amides is 1. The van der Waals surface area contributed by atoms with E-state index in [2.05, 4.69) is 15.0 Å². The number of carbonyl (C=O) groups excluding carboxylic acids is 1. The van der Waals surface area contributed by atoms with Crippen molar-refractivity contribution in [3.05, 3.63) is 52.3 Å². The maximum Gasteiger partial charge on any atom is 0.414 e. The number of para-hydroxylation sites is 1. The maximum atomic E-state index is 11.6. The van der Waals surface area contributed by atoms with E-state index in [1.807, 2.05) is 0 Å². The summed E-state index contributed by atoms with van der Waals surface area (Å²) in [6.07, 6.45) is 0. The summed E-state index contributed by atoms with van der Waals surface area (Å²) in [7, 11) is 0. The Morgan fingerprint density at radius 2 is 2.06 bits per heavy atom. The summed E-state index contributed by atoms with van der Waals surface area (Å²) in [5.41, 5.74) is 0.566. The molecule has 2 rings (SSSR count). The van der Waals surface area contributed by atoms with Crippen LogP contribution in [0.1, 0.15) is 10.6 Å². The second kappa shape index (κ2) is 4.44. The van der Waals surface area contributed by atoms with E-state index < -0.39 is 16.6 Å². The minimum atomic E-state index is -0.733. The van der Waals surface area contributed by atoms with E-state index in [0.29, 0.717) is 5.69 Å². The van der Waals surface area contributed by atoms with E-state index in [-0.39, 0.29) is 5.76 Å². The number of hydrogen-bond donors (Lipinski definition) is 1. The molecule has 0 aliphatic rings. The molecule has 1 amide bonds. The highest BCUT2D eigenvalue weighted by molar-refractivity contribution is 6.02. The standard InChI is InChI=1S/C10H7N3O4/c14-10(11-7-4-2-1-3-5-7)8-6-9(12-17-8)13(15)16/h1-6H,(H,11,14). The smallest absolute Gasteiger partial charge is 0.358 e. The Morgan fingerprint density at radius 1 is 1.35 bits per heavy atom. The Balaban J connectivity index is 2.12. The van der Waals surface area contributed by atoms with E-state index in [0.717, 1.165) is 6.07 Å². The Kier molecular flexibility index (Phi) is 2.82. The van der Waals surface area contributed by atoms with Gasteiger partial charge in [-0.05, 0) is 17.1 Å². The van der Waals surface area contributed by atoms with Crippen LogP contribution in [0, 0.1) is 10.1 Å². The minimum Gasteiger partial charge on any atom is -0.358 e. The Hall–Kier alpha value is -2.70. The predicted molar refractivity (Wildman–Crippen MR) is 57.6 cm³/mol. The van der Waals surface area contributed by atoms with E-state index in [9.17, 15) is 14.9 Å². The molecule has 0 saturated heterocycles. The number of nitro groups is 1. The zero-order valence-electron chi connectivity index (χ0n) is 8.49. The van der Waals surface area contributed by atoms with Crippen LogP contribution in [-0.4, -0.2) is 16.0 Å². The van der Waals surface area contributed by atoms with Crippen LogP contribution < -0.4 is 5.32 Å². The third kappa shape index (κ3) is 2.46. The van der Waals surface area contributed by atoms with Gasteiger partial charge in [0.05, 0.1) is 6.07 Å². The molecular weight excluding hydrogens is 226 g/mol. The first kappa shape index (κ1) is 10.8. The number of benzene rings is 1. The van der Waals surface area contributed by atoms with Crippen LogP contribution >= 0.6 is 0 Å². The molecule has 1 heterocycles. The molecule has 0 unspecified atom stereocenters. The van der Waals surface area contributed by atoms with Crippen molar-refractivity contribution in [2.45, 2.75) is 0 Å². The van der Waals surface area contributed by atoms with Gasteiger partial charge in [-0.15, -0.1) is 0 Å². The summed E-state index contributed by atoms with van der Waals surface area (Å²) in [5, 5.41) is 16.0. The van der Waals surface area contributed by atoms with Gasteiger partial charge in [0.1, 0.15) is 0 Å². The van der Waals surface area contributed by atoms with Crippen LogP contribution in [0.3, 0.4) is 0 Å². The Labute approximate surface area is 95.2 Å². The molecule has 7 heteroatoms. The normalized spacial score (nSPS) is 9.88. The van der Waals surface area contributed by atoms with Gasteiger partial charge in [0.2, 0.25) is 0 Å². The molecule has 0 spiro atoms. The molecule has 1 N–H and O–H groups in total. The fourth-order valence-corrected chi connectivity index (χ4v) is 1.17. The van der Waals surface area contributed by atoms with Gasteiger partial charge < -0.3 is 15.4 Å². The third-order valence-corrected chi connectivity index (χ3v) is 1.94. The molecule has 7 nitrogen and oxygen atoms in total. The summed E-state index contributed by atoms with van der Waals surface area (Å²) in [6.45, 7) is 0. The van der Waals surface area contributed by atoms with E-state index in [1.54, 1.807) is 30.3 Å². The number of hydrogen-bond acceptors (Lipinski definition) is 5. The summed E-state index contributed by atoms with van der Waals surface area (Å²) in [6, 6.07) is 9.63. The molecule has 86 valence electrons. The van der Waals surface area contributed by atoms with Crippen LogP contribution in [0.5, 0.6) is 0 Å². The number of nitrogens with one attached hydrogen (secondary N) is 1. The number of aromatic nitrogens is 1. The summed E-state index contributed by atoms with van der Waals surface area (Å²) in [4.78, 5) is 21.2. The molecule has 0 aliphatic heterocycles. The first-order valence-corrected chi connectivity index (χ1v) is 4.64. The molecule has 17 heavy (non-hydrogen) atoms. The lowest BCUT2D eigenvalue weighted by atomic mass is 10.3. The van der Waals surface area contributed by atoms with E-state index in [1.165, 1.54) is 0 Å². The Morgan fingerprint density at radius 3 is 2.65 bits per heavy atom. The van der Waals surface area contributed by atoms with Crippen molar-refractivity contribution in [2.24, 2.45) is 0 Å². The lowest BCUT2D eigenvalue weighted by molar-refractivity contribution is -0.390. The second-order valence-electron chi connectivity index (χ2n) is 3.13. The molecule has 0 radical (unpaired) electrons. The second-order valence-corrected chi connectivity index (χ2v) is 3.13. The summed E-state index contributed by atoms with van der Waals surface area (Å²) in [5.74, 6) is -1.29. The van der Waals surface area contributed by atoms with Gasteiger partial charge in [-0.1, -0.05) is 18.2 Å². The topological polar surface area (TPSA) is 98.3 Å². The molecular formula is C10H7N3O4. The highest BCUT2D eigenvalue weighted by Crippen LogP contribution is 2.13.